The lowest BCUT2D eigenvalue weighted by atomic mass is 10.2. The Kier molecular flexibility index (Phi) is 6.43. The van der Waals surface area contributed by atoms with Crippen molar-refractivity contribution >= 4 is 33.5 Å². The van der Waals surface area contributed by atoms with Crippen molar-refractivity contribution in [3.63, 3.8) is 0 Å². The number of rotatable bonds is 6. The summed E-state index contributed by atoms with van der Waals surface area (Å²) in [4.78, 5) is 26.1. The molecular weight excluding hydrogens is 397 g/mol. The number of benzene rings is 2. The SMILES string of the molecule is O=C(/C=C/c1ccc(F)cc1)OCC(=O)N(c1ccccc1)[C@H]1CCS(=O)(=O)C1. The normalized spacial score (nSPS) is 17.9. The molecule has 0 radical (unpaired) electrons. The first-order valence-corrected chi connectivity index (χ1v) is 10.8. The van der Waals surface area contributed by atoms with Gasteiger partial charge in [0.1, 0.15) is 5.82 Å². The molecule has 2 aromatic carbocycles. The van der Waals surface area contributed by atoms with E-state index in [0.717, 1.165) is 6.08 Å². The molecule has 1 amide bonds. The van der Waals surface area contributed by atoms with Crippen molar-refractivity contribution in [1.29, 1.82) is 0 Å². The first-order valence-electron chi connectivity index (χ1n) is 9.02. The summed E-state index contributed by atoms with van der Waals surface area (Å²) in [5.74, 6) is -1.71. The van der Waals surface area contributed by atoms with E-state index >= 15 is 0 Å². The summed E-state index contributed by atoms with van der Waals surface area (Å²) >= 11 is 0. The zero-order chi connectivity index (χ0) is 20.9. The second kappa shape index (κ2) is 9.00. The standard InChI is InChI=1S/C21H20FNO5S/c22-17-9-6-16(7-10-17)8-11-21(25)28-14-20(24)23(18-4-2-1-3-5-18)19-12-13-29(26,27)15-19/h1-11,19H,12-15H2/b11-8+/t19-/m0/s1. The number of hydrogen-bond acceptors (Lipinski definition) is 5. The maximum absolute atomic E-state index is 12.9. The lowest BCUT2D eigenvalue weighted by molar-refractivity contribution is -0.143. The van der Waals surface area contributed by atoms with Gasteiger partial charge < -0.3 is 9.64 Å². The number of carbonyl (C=O) groups is 2. The fraction of sp³-hybridized carbons (Fsp3) is 0.238. The summed E-state index contributed by atoms with van der Waals surface area (Å²) in [6, 6.07) is 13.7. The van der Waals surface area contributed by atoms with Crippen molar-refractivity contribution in [2.24, 2.45) is 0 Å². The van der Waals surface area contributed by atoms with Gasteiger partial charge in [-0.25, -0.2) is 17.6 Å². The average molecular weight is 417 g/mol. The highest BCUT2D eigenvalue weighted by Gasteiger charge is 2.35. The van der Waals surface area contributed by atoms with Gasteiger partial charge in [0.05, 0.1) is 17.5 Å². The van der Waals surface area contributed by atoms with Crippen LogP contribution in [-0.4, -0.2) is 44.4 Å². The maximum Gasteiger partial charge on any atom is 0.331 e. The third-order valence-electron chi connectivity index (χ3n) is 4.50. The van der Waals surface area contributed by atoms with Crippen LogP contribution in [0.15, 0.2) is 60.7 Å². The Morgan fingerprint density at radius 2 is 1.79 bits per heavy atom. The van der Waals surface area contributed by atoms with Crippen LogP contribution in [0.5, 0.6) is 0 Å². The summed E-state index contributed by atoms with van der Waals surface area (Å²) in [6.45, 7) is -0.516. The van der Waals surface area contributed by atoms with Crippen molar-refractivity contribution in [1.82, 2.24) is 0 Å². The van der Waals surface area contributed by atoms with Gasteiger partial charge in [0, 0.05) is 11.8 Å². The molecule has 1 atom stereocenters. The van der Waals surface area contributed by atoms with Gasteiger partial charge in [-0.1, -0.05) is 30.3 Å². The molecule has 1 aliphatic heterocycles. The maximum atomic E-state index is 12.9. The Labute approximate surface area is 168 Å². The number of amides is 1. The van der Waals surface area contributed by atoms with Crippen molar-refractivity contribution in [3.8, 4) is 0 Å². The molecule has 0 saturated carbocycles. The van der Waals surface area contributed by atoms with Crippen LogP contribution in [0.1, 0.15) is 12.0 Å². The minimum Gasteiger partial charge on any atom is -0.452 e. The van der Waals surface area contributed by atoms with Gasteiger partial charge in [0.15, 0.2) is 16.4 Å². The van der Waals surface area contributed by atoms with E-state index in [0.29, 0.717) is 17.7 Å². The second-order valence-corrected chi connectivity index (χ2v) is 8.88. The third kappa shape index (κ3) is 5.74. The van der Waals surface area contributed by atoms with Gasteiger partial charge in [-0.15, -0.1) is 0 Å². The number of carbonyl (C=O) groups excluding carboxylic acids is 2. The highest BCUT2D eigenvalue weighted by Crippen LogP contribution is 2.24. The number of hydrogen-bond donors (Lipinski definition) is 0. The van der Waals surface area contributed by atoms with Crippen LogP contribution in [0.4, 0.5) is 10.1 Å². The lowest BCUT2D eigenvalue weighted by Crippen LogP contribution is -2.43. The first-order chi connectivity index (χ1) is 13.8. The molecule has 6 nitrogen and oxygen atoms in total. The molecule has 1 fully saturated rings. The van der Waals surface area contributed by atoms with Gasteiger partial charge in [0.2, 0.25) is 0 Å². The molecule has 2 aromatic rings. The van der Waals surface area contributed by atoms with Crippen LogP contribution in [0.2, 0.25) is 0 Å². The Morgan fingerprint density at radius 3 is 2.41 bits per heavy atom. The number of esters is 1. The topological polar surface area (TPSA) is 80.8 Å². The fourth-order valence-corrected chi connectivity index (χ4v) is 4.81. The molecule has 0 spiro atoms. The Morgan fingerprint density at radius 1 is 1.10 bits per heavy atom. The molecular formula is C21H20FNO5S. The fourth-order valence-electron chi connectivity index (χ4n) is 3.11. The Bertz CT molecular complexity index is 1000. The molecule has 0 bridgehead atoms. The molecule has 8 heteroatoms. The number of sulfone groups is 1. The zero-order valence-electron chi connectivity index (χ0n) is 15.5. The van der Waals surface area contributed by atoms with E-state index in [4.69, 9.17) is 4.74 Å². The predicted molar refractivity (Wildman–Crippen MR) is 107 cm³/mol. The highest BCUT2D eigenvalue weighted by atomic mass is 32.2. The van der Waals surface area contributed by atoms with E-state index in [1.165, 1.54) is 35.2 Å². The summed E-state index contributed by atoms with van der Waals surface area (Å²) in [6.07, 6.45) is 2.93. The van der Waals surface area contributed by atoms with E-state index in [2.05, 4.69) is 0 Å². The molecule has 152 valence electrons. The molecule has 0 N–H and O–H groups in total. The molecule has 1 heterocycles. The number of nitrogens with zero attached hydrogens (tertiary/aromatic N) is 1. The number of para-hydroxylation sites is 1. The van der Waals surface area contributed by atoms with Gasteiger partial charge in [-0.05, 0) is 42.3 Å². The summed E-state index contributed by atoms with van der Waals surface area (Å²) < 4.78 is 41.6. The predicted octanol–water partition coefficient (Wildman–Crippen LogP) is 2.60. The smallest absolute Gasteiger partial charge is 0.331 e. The van der Waals surface area contributed by atoms with Crippen molar-refractivity contribution in [3.05, 3.63) is 72.1 Å². The third-order valence-corrected chi connectivity index (χ3v) is 6.25. The van der Waals surface area contributed by atoms with E-state index in [1.54, 1.807) is 30.3 Å². The van der Waals surface area contributed by atoms with Crippen LogP contribution in [0.25, 0.3) is 6.08 Å². The van der Waals surface area contributed by atoms with E-state index < -0.39 is 34.4 Å². The van der Waals surface area contributed by atoms with E-state index in [9.17, 15) is 22.4 Å². The largest absolute Gasteiger partial charge is 0.452 e. The van der Waals surface area contributed by atoms with E-state index in [-0.39, 0.29) is 17.3 Å². The molecule has 29 heavy (non-hydrogen) atoms. The van der Waals surface area contributed by atoms with Gasteiger partial charge >= 0.3 is 5.97 Å². The van der Waals surface area contributed by atoms with Gasteiger partial charge in [-0.2, -0.15) is 0 Å². The van der Waals surface area contributed by atoms with Crippen LogP contribution in [0, 0.1) is 5.82 Å². The molecule has 3 rings (SSSR count). The first kappa shape index (κ1) is 20.7. The molecule has 1 aliphatic rings. The van der Waals surface area contributed by atoms with Gasteiger partial charge in [0.25, 0.3) is 5.91 Å². The number of anilines is 1. The lowest BCUT2D eigenvalue weighted by Gasteiger charge is -2.28. The Balaban J connectivity index is 1.65. The van der Waals surface area contributed by atoms with Crippen LogP contribution in [-0.2, 0) is 24.2 Å². The summed E-state index contributed by atoms with van der Waals surface area (Å²) in [5, 5.41) is 0. The number of ether oxygens (including phenoxy) is 1. The van der Waals surface area contributed by atoms with Crippen LogP contribution >= 0.6 is 0 Å². The Hall–Kier alpha value is -3.00. The minimum atomic E-state index is -3.20. The molecule has 0 unspecified atom stereocenters. The number of halogens is 1. The van der Waals surface area contributed by atoms with E-state index in [1.807, 2.05) is 0 Å². The van der Waals surface area contributed by atoms with Crippen molar-refractivity contribution in [2.45, 2.75) is 12.5 Å². The highest BCUT2D eigenvalue weighted by molar-refractivity contribution is 7.91. The summed E-state index contributed by atoms with van der Waals surface area (Å²) in [7, 11) is -3.20. The van der Waals surface area contributed by atoms with Crippen molar-refractivity contribution < 1.29 is 27.1 Å². The van der Waals surface area contributed by atoms with Crippen LogP contribution in [0.3, 0.4) is 0 Å². The minimum absolute atomic E-state index is 0.0223. The molecule has 1 saturated heterocycles. The van der Waals surface area contributed by atoms with Crippen LogP contribution < -0.4 is 4.90 Å². The summed E-state index contributed by atoms with van der Waals surface area (Å²) in [5.41, 5.74) is 1.16. The van der Waals surface area contributed by atoms with Gasteiger partial charge in [-0.3, -0.25) is 4.79 Å². The monoisotopic (exact) mass is 417 g/mol. The molecule has 0 aromatic heterocycles. The quantitative estimate of drug-likeness (QED) is 0.533. The van der Waals surface area contributed by atoms with Crippen molar-refractivity contribution in [2.75, 3.05) is 23.0 Å². The zero-order valence-corrected chi connectivity index (χ0v) is 16.3. The second-order valence-electron chi connectivity index (χ2n) is 6.65. The average Bonchev–Trinajstić information content (AvgIpc) is 3.06. The molecule has 0 aliphatic carbocycles.